The highest BCUT2D eigenvalue weighted by atomic mass is 79.9. The molecule has 0 radical (unpaired) electrons. The summed E-state index contributed by atoms with van der Waals surface area (Å²) in [5.41, 5.74) is 2.85. The third-order valence-electron chi connectivity index (χ3n) is 5.16. The van der Waals surface area contributed by atoms with Gasteiger partial charge in [-0.3, -0.25) is 9.59 Å². The number of anilines is 1. The van der Waals surface area contributed by atoms with Gasteiger partial charge >= 0.3 is 0 Å². The van der Waals surface area contributed by atoms with E-state index in [2.05, 4.69) is 26.6 Å². The number of aryl methyl sites for hydroxylation is 1. The van der Waals surface area contributed by atoms with Gasteiger partial charge in [0.2, 0.25) is 0 Å². The molecule has 2 heterocycles. The number of halogens is 1. The summed E-state index contributed by atoms with van der Waals surface area (Å²) in [6.45, 7) is 3.21. The summed E-state index contributed by atoms with van der Waals surface area (Å²) < 4.78 is 0.877. The molecule has 4 rings (SSSR count). The number of benzene rings is 2. The fourth-order valence-corrected chi connectivity index (χ4v) is 3.97. The van der Waals surface area contributed by atoms with Crippen molar-refractivity contribution in [3.05, 3.63) is 63.6 Å². The SMILES string of the molecule is Cc1ccc(C(=O)N2CCC3(CC2)NC(=O)c2cc(Br)ccc2N3)cc1. The first-order chi connectivity index (χ1) is 12.5. The molecular formula is C20H20BrN3O2. The first-order valence-corrected chi connectivity index (χ1v) is 9.51. The molecule has 2 aliphatic heterocycles. The lowest BCUT2D eigenvalue weighted by Gasteiger charge is -2.46. The van der Waals surface area contributed by atoms with Crippen LogP contribution in [0.1, 0.15) is 39.1 Å². The second-order valence-electron chi connectivity index (χ2n) is 7.01. The van der Waals surface area contributed by atoms with Crippen LogP contribution < -0.4 is 10.6 Å². The Bertz CT molecular complexity index is 871. The molecule has 26 heavy (non-hydrogen) atoms. The number of carbonyl (C=O) groups excluding carboxylic acids is 2. The van der Waals surface area contributed by atoms with E-state index in [-0.39, 0.29) is 11.8 Å². The summed E-state index contributed by atoms with van der Waals surface area (Å²) in [5, 5.41) is 6.60. The van der Waals surface area contributed by atoms with E-state index < -0.39 is 5.66 Å². The van der Waals surface area contributed by atoms with Crippen LogP contribution in [-0.4, -0.2) is 35.5 Å². The van der Waals surface area contributed by atoms with Crippen LogP contribution in [0.3, 0.4) is 0 Å². The Labute approximate surface area is 160 Å². The standard InChI is InChI=1S/C20H20BrN3O2/c1-13-2-4-14(5-3-13)19(26)24-10-8-20(9-11-24)22-17-7-6-15(21)12-16(17)18(25)23-20/h2-7,12,22H,8-11H2,1H3,(H,23,25). The molecule has 0 atom stereocenters. The van der Waals surface area contributed by atoms with E-state index in [1.807, 2.05) is 54.3 Å². The minimum absolute atomic E-state index is 0.0475. The molecule has 1 spiro atoms. The third kappa shape index (κ3) is 3.09. The number of hydrogen-bond donors (Lipinski definition) is 2. The number of amides is 2. The molecule has 2 amide bonds. The second-order valence-corrected chi connectivity index (χ2v) is 7.93. The largest absolute Gasteiger partial charge is 0.362 e. The predicted octanol–water partition coefficient (Wildman–Crippen LogP) is 3.55. The van der Waals surface area contributed by atoms with Gasteiger partial charge in [-0.05, 0) is 37.3 Å². The van der Waals surface area contributed by atoms with Crippen LogP contribution >= 0.6 is 15.9 Å². The van der Waals surface area contributed by atoms with Crippen LogP contribution in [-0.2, 0) is 0 Å². The minimum Gasteiger partial charge on any atom is -0.362 e. The molecule has 1 saturated heterocycles. The zero-order valence-corrected chi connectivity index (χ0v) is 16.1. The van der Waals surface area contributed by atoms with Gasteiger partial charge in [0.05, 0.1) is 5.56 Å². The number of piperidine rings is 1. The van der Waals surface area contributed by atoms with E-state index in [0.717, 1.165) is 15.7 Å². The molecule has 2 N–H and O–H groups in total. The smallest absolute Gasteiger partial charge is 0.255 e. The van der Waals surface area contributed by atoms with Crippen molar-refractivity contribution >= 4 is 33.4 Å². The van der Waals surface area contributed by atoms with Gasteiger partial charge in [-0.2, -0.15) is 0 Å². The molecule has 2 aliphatic rings. The lowest BCUT2D eigenvalue weighted by molar-refractivity contribution is 0.0639. The number of nitrogens with one attached hydrogen (secondary N) is 2. The van der Waals surface area contributed by atoms with E-state index in [1.165, 1.54) is 0 Å². The molecule has 2 aromatic rings. The van der Waals surface area contributed by atoms with E-state index in [0.29, 0.717) is 37.1 Å². The Balaban J connectivity index is 1.48. The highest BCUT2D eigenvalue weighted by Crippen LogP contribution is 2.33. The van der Waals surface area contributed by atoms with Gasteiger partial charge in [0.25, 0.3) is 11.8 Å². The molecule has 0 aromatic heterocycles. The number of hydrogen-bond acceptors (Lipinski definition) is 3. The molecular weight excluding hydrogens is 394 g/mol. The van der Waals surface area contributed by atoms with Crippen LogP contribution in [0.5, 0.6) is 0 Å². The van der Waals surface area contributed by atoms with Gasteiger partial charge in [0.15, 0.2) is 0 Å². The first-order valence-electron chi connectivity index (χ1n) is 8.72. The normalized spacial score (nSPS) is 18.1. The minimum atomic E-state index is -0.484. The highest BCUT2D eigenvalue weighted by Gasteiger charge is 2.41. The van der Waals surface area contributed by atoms with E-state index in [1.54, 1.807) is 0 Å². The lowest BCUT2D eigenvalue weighted by atomic mass is 9.92. The number of nitrogens with zero attached hydrogens (tertiary/aromatic N) is 1. The van der Waals surface area contributed by atoms with Gasteiger partial charge in [0, 0.05) is 41.7 Å². The van der Waals surface area contributed by atoms with Crippen LogP contribution in [0.15, 0.2) is 46.9 Å². The summed E-state index contributed by atoms with van der Waals surface area (Å²) >= 11 is 3.40. The molecule has 0 bridgehead atoms. The number of likely N-dealkylation sites (tertiary alicyclic amines) is 1. The topological polar surface area (TPSA) is 61.4 Å². The Morgan fingerprint density at radius 1 is 1.08 bits per heavy atom. The van der Waals surface area contributed by atoms with Crippen LogP contribution in [0.25, 0.3) is 0 Å². The van der Waals surface area contributed by atoms with E-state index in [9.17, 15) is 9.59 Å². The number of carbonyl (C=O) groups is 2. The van der Waals surface area contributed by atoms with Crippen LogP contribution in [0.4, 0.5) is 5.69 Å². The van der Waals surface area contributed by atoms with Gasteiger partial charge in [-0.25, -0.2) is 0 Å². The first kappa shape index (κ1) is 17.1. The average Bonchev–Trinajstić information content (AvgIpc) is 2.63. The summed E-state index contributed by atoms with van der Waals surface area (Å²) in [4.78, 5) is 27.1. The quantitative estimate of drug-likeness (QED) is 0.751. The number of rotatable bonds is 1. The Morgan fingerprint density at radius 2 is 1.77 bits per heavy atom. The van der Waals surface area contributed by atoms with Crippen molar-refractivity contribution in [3.8, 4) is 0 Å². The van der Waals surface area contributed by atoms with Gasteiger partial charge in [0.1, 0.15) is 5.66 Å². The molecule has 0 saturated carbocycles. The average molecular weight is 414 g/mol. The molecule has 5 nitrogen and oxygen atoms in total. The maximum absolute atomic E-state index is 12.7. The van der Waals surface area contributed by atoms with Gasteiger partial charge in [-0.1, -0.05) is 33.6 Å². The Hall–Kier alpha value is -2.34. The van der Waals surface area contributed by atoms with Crippen molar-refractivity contribution in [2.45, 2.75) is 25.4 Å². The molecule has 2 aromatic carbocycles. The monoisotopic (exact) mass is 413 g/mol. The summed E-state index contributed by atoms with van der Waals surface area (Å²) in [6.07, 6.45) is 1.34. The highest BCUT2D eigenvalue weighted by molar-refractivity contribution is 9.10. The predicted molar refractivity (Wildman–Crippen MR) is 104 cm³/mol. The number of fused-ring (bicyclic) bond motifs is 1. The van der Waals surface area contributed by atoms with Crippen molar-refractivity contribution in [2.75, 3.05) is 18.4 Å². The lowest BCUT2D eigenvalue weighted by Crippen LogP contribution is -2.62. The van der Waals surface area contributed by atoms with Crippen molar-refractivity contribution in [2.24, 2.45) is 0 Å². The summed E-state index contributed by atoms with van der Waals surface area (Å²) in [7, 11) is 0. The zero-order valence-electron chi connectivity index (χ0n) is 14.5. The molecule has 6 heteroatoms. The van der Waals surface area contributed by atoms with Crippen LogP contribution in [0.2, 0.25) is 0 Å². The molecule has 0 unspecified atom stereocenters. The zero-order chi connectivity index (χ0) is 18.3. The van der Waals surface area contributed by atoms with Crippen molar-refractivity contribution in [3.63, 3.8) is 0 Å². The third-order valence-corrected chi connectivity index (χ3v) is 5.65. The Morgan fingerprint density at radius 3 is 2.46 bits per heavy atom. The van der Waals surface area contributed by atoms with Crippen molar-refractivity contribution in [1.82, 2.24) is 10.2 Å². The van der Waals surface area contributed by atoms with E-state index >= 15 is 0 Å². The van der Waals surface area contributed by atoms with E-state index in [4.69, 9.17) is 0 Å². The van der Waals surface area contributed by atoms with Crippen LogP contribution in [0, 0.1) is 6.92 Å². The van der Waals surface area contributed by atoms with Gasteiger partial charge in [-0.15, -0.1) is 0 Å². The summed E-state index contributed by atoms with van der Waals surface area (Å²) in [6, 6.07) is 13.3. The fourth-order valence-electron chi connectivity index (χ4n) is 3.61. The maximum Gasteiger partial charge on any atom is 0.255 e. The second kappa shape index (κ2) is 6.43. The molecule has 134 valence electrons. The fraction of sp³-hybridized carbons (Fsp3) is 0.300. The Kier molecular flexibility index (Phi) is 4.23. The molecule has 1 fully saturated rings. The maximum atomic E-state index is 12.7. The van der Waals surface area contributed by atoms with Crippen molar-refractivity contribution < 1.29 is 9.59 Å². The molecule has 0 aliphatic carbocycles. The van der Waals surface area contributed by atoms with Gasteiger partial charge < -0.3 is 15.5 Å². The van der Waals surface area contributed by atoms with Crippen molar-refractivity contribution in [1.29, 1.82) is 0 Å². The summed E-state index contributed by atoms with van der Waals surface area (Å²) in [5.74, 6) is -0.0234.